The summed E-state index contributed by atoms with van der Waals surface area (Å²) in [5.41, 5.74) is 6.98. The number of ketones is 2. The monoisotopic (exact) mass is 608 g/mol. The van der Waals surface area contributed by atoms with Crippen molar-refractivity contribution >= 4 is 28.6 Å². The smallest absolute Gasteiger partial charge is 0.251 e. The molecule has 8 heteroatoms. The third-order valence-corrected chi connectivity index (χ3v) is 8.98. The number of nitriles is 1. The van der Waals surface area contributed by atoms with Gasteiger partial charge in [0, 0.05) is 58.6 Å². The van der Waals surface area contributed by atoms with Gasteiger partial charge in [0.1, 0.15) is 5.52 Å². The summed E-state index contributed by atoms with van der Waals surface area (Å²) in [4.78, 5) is 46.0. The van der Waals surface area contributed by atoms with Crippen LogP contribution in [0.15, 0.2) is 83.3 Å². The fraction of sp³-hybridized carbons (Fsp3) is 0.237. The van der Waals surface area contributed by atoms with Crippen molar-refractivity contribution < 1.29 is 18.8 Å². The number of nitrogens with zero attached hydrogens (tertiary/aromatic N) is 3. The molecule has 0 saturated carbocycles. The topological polar surface area (TPSA) is 116 Å². The van der Waals surface area contributed by atoms with E-state index in [1.165, 1.54) is 0 Å². The molecule has 0 radical (unpaired) electrons. The van der Waals surface area contributed by atoms with Crippen LogP contribution < -0.4 is 5.32 Å². The molecule has 5 aromatic rings. The maximum absolute atomic E-state index is 13.1. The Morgan fingerprint density at radius 1 is 0.978 bits per heavy atom. The minimum Gasteiger partial charge on any atom is -0.436 e. The second-order valence-corrected chi connectivity index (χ2v) is 12.5. The van der Waals surface area contributed by atoms with Gasteiger partial charge in [0.25, 0.3) is 5.91 Å². The van der Waals surface area contributed by atoms with Crippen molar-refractivity contribution in [1.82, 2.24) is 15.2 Å². The second kappa shape index (κ2) is 11.8. The predicted molar refractivity (Wildman–Crippen MR) is 174 cm³/mol. The summed E-state index contributed by atoms with van der Waals surface area (Å²) in [6.07, 6.45) is 0.957. The first-order valence-electron chi connectivity index (χ1n) is 15.6. The Morgan fingerprint density at radius 3 is 2.41 bits per heavy atom. The Morgan fingerprint density at radius 2 is 1.70 bits per heavy atom. The molecular weight excluding hydrogens is 576 g/mol. The first-order chi connectivity index (χ1) is 22.3. The summed E-state index contributed by atoms with van der Waals surface area (Å²) in [5.74, 6) is 0.584. The van der Waals surface area contributed by atoms with Gasteiger partial charge < -0.3 is 9.73 Å². The molecule has 1 aromatic heterocycles. The van der Waals surface area contributed by atoms with Crippen LogP contribution in [0.4, 0.5) is 0 Å². The molecular formula is C38H32N4O4. The summed E-state index contributed by atoms with van der Waals surface area (Å²) in [5, 5.41) is 12.5. The van der Waals surface area contributed by atoms with Crippen LogP contribution in [-0.2, 0) is 6.54 Å². The second-order valence-electron chi connectivity index (χ2n) is 12.5. The highest BCUT2D eigenvalue weighted by Crippen LogP contribution is 2.32. The fourth-order valence-electron chi connectivity index (χ4n) is 6.50. The number of hydrogen-bond donors (Lipinski definition) is 1. The third-order valence-electron chi connectivity index (χ3n) is 8.98. The van der Waals surface area contributed by atoms with Crippen LogP contribution in [0.5, 0.6) is 0 Å². The first kappa shape index (κ1) is 29.3. The number of amides is 1. The molecule has 7 rings (SSSR count). The van der Waals surface area contributed by atoms with Crippen LogP contribution in [0.1, 0.15) is 85.1 Å². The van der Waals surface area contributed by atoms with Crippen LogP contribution in [0.3, 0.4) is 0 Å². The van der Waals surface area contributed by atoms with Crippen molar-refractivity contribution in [2.24, 2.45) is 5.92 Å². The van der Waals surface area contributed by atoms with Gasteiger partial charge in [0.05, 0.1) is 11.6 Å². The van der Waals surface area contributed by atoms with Crippen molar-refractivity contribution in [3.8, 4) is 17.5 Å². The summed E-state index contributed by atoms with van der Waals surface area (Å²) >= 11 is 0. The number of fused-ring (bicyclic) bond motifs is 3. The van der Waals surface area contributed by atoms with Gasteiger partial charge in [0.15, 0.2) is 17.1 Å². The van der Waals surface area contributed by atoms with Crippen LogP contribution in [-0.4, -0.2) is 47.0 Å². The molecule has 1 N–H and O–H groups in total. The molecule has 2 aliphatic rings. The van der Waals surface area contributed by atoms with Crippen molar-refractivity contribution in [1.29, 1.82) is 5.26 Å². The molecule has 2 heterocycles. The number of rotatable bonds is 7. The van der Waals surface area contributed by atoms with E-state index in [4.69, 9.17) is 4.42 Å². The molecule has 46 heavy (non-hydrogen) atoms. The lowest BCUT2D eigenvalue weighted by Gasteiger charge is -2.20. The lowest BCUT2D eigenvalue weighted by molar-refractivity contribution is 0.0946. The van der Waals surface area contributed by atoms with Gasteiger partial charge in [-0.05, 0) is 78.9 Å². The van der Waals surface area contributed by atoms with Gasteiger partial charge in [-0.2, -0.15) is 5.26 Å². The molecule has 1 aliphatic heterocycles. The fourth-order valence-corrected chi connectivity index (χ4v) is 6.50. The normalized spacial score (nSPS) is 16.0. The highest BCUT2D eigenvalue weighted by Gasteiger charge is 2.30. The number of carbonyl (C=O) groups is 3. The van der Waals surface area contributed by atoms with Crippen molar-refractivity contribution in [3.63, 3.8) is 0 Å². The van der Waals surface area contributed by atoms with E-state index in [0.29, 0.717) is 69.4 Å². The third kappa shape index (κ3) is 5.40. The highest BCUT2D eigenvalue weighted by molar-refractivity contribution is 6.28. The van der Waals surface area contributed by atoms with Gasteiger partial charge >= 0.3 is 0 Å². The Labute approximate surface area is 266 Å². The van der Waals surface area contributed by atoms with Gasteiger partial charge in [0.2, 0.25) is 5.89 Å². The van der Waals surface area contributed by atoms with E-state index in [9.17, 15) is 19.6 Å². The Balaban J connectivity index is 0.956. The molecule has 1 fully saturated rings. The van der Waals surface area contributed by atoms with E-state index < -0.39 is 0 Å². The van der Waals surface area contributed by atoms with Crippen molar-refractivity contribution in [2.75, 3.05) is 19.6 Å². The molecule has 228 valence electrons. The molecule has 1 aliphatic carbocycles. The van der Waals surface area contributed by atoms with Crippen molar-refractivity contribution in [2.45, 2.75) is 32.7 Å². The molecule has 0 spiro atoms. The summed E-state index contributed by atoms with van der Waals surface area (Å²) in [6, 6.07) is 25.5. The lowest BCUT2D eigenvalue weighted by atomic mass is 9.83. The van der Waals surface area contributed by atoms with Gasteiger partial charge in [-0.1, -0.05) is 44.2 Å². The maximum atomic E-state index is 13.1. The Bertz CT molecular complexity index is 2070. The van der Waals surface area contributed by atoms with Gasteiger partial charge in [-0.25, -0.2) is 4.98 Å². The lowest BCUT2D eigenvalue weighted by Crippen LogP contribution is -2.31. The van der Waals surface area contributed by atoms with E-state index in [1.54, 1.807) is 48.5 Å². The summed E-state index contributed by atoms with van der Waals surface area (Å²) in [7, 11) is 0. The molecule has 1 saturated heterocycles. The Kier molecular flexibility index (Phi) is 7.55. The Hall–Kier alpha value is -5.39. The largest absolute Gasteiger partial charge is 0.436 e. The van der Waals surface area contributed by atoms with Crippen LogP contribution >= 0.6 is 0 Å². The van der Waals surface area contributed by atoms with E-state index in [1.807, 2.05) is 30.3 Å². The van der Waals surface area contributed by atoms with Crippen LogP contribution in [0, 0.1) is 17.2 Å². The quantitative estimate of drug-likeness (QED) is 0.219. The zero-order chi connectivity index (χ0) is 31.9. The van der Waals surface area contributed by atoms with E-state index in [2.05, 4.69) is 35.1 Å². The predicted octanol–water partition coefficient (Wildman–Crippen LogP) is 6.52. The molecule has 8 nitrogen and oxygen atoms in total. The zero-order valence-electron chi connectivity index (χ0n) is 25.7. The van der Waals surface area contributed by atoms with Crippen molar-refractivity contribution in [3.05, 3.63) is 123 Å². The summed E-state index contributed by atoms with van der Waals surface area (Å²) < 4.78 is 6.11. The highest BCUT2D eigenvalue weighted by atomic mass is 16.3. The number of aromatic nitrogens is 1. The molecule has 1 amide bonds. The molecule has 1 unspecified atom stereocenters. The number of carbonyl (C=O) groups excluding carboxylic acids is 3. The van der Waals surface area contributed by atoms with Gasteiger partial charge in [-0.15, -0.1) is 0 Å². The summed E-state index contributed by atoms with van der Waals surface area (Å²) in [6.45, 7) is 7.06. The molecule has 0 bridgehead atoms. The zero-order valence-corrected chi connectivity index (χ0v) is 25.7. The number of hydrogen-bond acceptors (Lipinski definition) is 7. The minimum atomic E-state index is -0.138. The van der Waals surface area contributed by atoms with Crippen LogP contribution in [0.25, 0.3) is 22.6 Å². The average Bonchev–Trinajstić information content (AvgIpc) is 3.72. The molecule has 1 atom stereocenters. The van der Waals surface area contributed by atoms with E-state index >= 15 is 0 Å². The van der Waals surface area contributed by atoms with E-state index in [0.717, 1.165) is 36.2 Å². The molecule has 4 aromatic carbocycles. The van der Waals surface area contributed by atoms with E-state index in [-0.39, 0.29) is 23.4 Å². The minimum absolute atomic E-state index is 0.106. The maximum Gasteiger partial charge on any atom is 0.251 e. The standard InChI is InChI=1S/C38H32N4O4/c1-22(2)31-16-25(18-39)17-33-36(31)46-38(41-33)27-10-8-26(9-11-27)37(45)40-19-24-13-14-42(21-24)20-23-7-12-30-32(15-23)35(44)29-6-4-3-5-28(29)34(30)43/h3-12,15-17,22,24H,13-14,19-21H2,1-2H3,(H,40,45). The van der Waals surface area contributed by atoms with Gasteiger partial charge in [-0.3, -0.25) is 19.3 Å². The number of oxazole rings is 1. The SMILES string of the molecule is CC(C)c1cc(C#N)cc2nc(-c3ccc(C(=O)NCC4CCN(Cc5ccc6c(c5)C(=O)c5ccccc5C6=O)C4)cc3)oc12. The number of nitrogens with one attached hydrogen (secondary N) is 1. The first-order valence-corrected chi connectivity index (χ1v) is 15.6. The number of likely N-dealkylation sites (tertiary alicyclic amines) is 1. The number of benzene rings is 4. The van der Waals surface area contributed by atoms with Crippen LogP contribution in [0.2, 0.25) is 0 Å². The average molecular weight is 609 g/mol.